The fourth-order valence-electron chi connectivity index (χ4n) is 0.563. The van der Waals surface area contributed by atoms with Gasteiger partial charge in [-0.3, -0.25) is 10.2 Å². The normalized spacial score (nSPS) is 10.2. The van der Waals surface area contributed by atoms with Crippen LogP contribution in [0.4, 0.5) is 0 Å². The highest BCUT2D eigenvalue weighted by molar-refractivity contribution is 5.76. The molecule has 0 heterocycles. The van der Waals surface area contributed by atoms with E-state index in [9.17, 15) is 4.79 Å². The van der Waals surface area contributed by atoms with Crippen molar-refractivity contribution in [3.8, 4) is 0 Å². The van der Waals surface area contributed by atoms with Crippen LogP contribution in [0.1, 0.15) is 13.8 Å². The number of rotatable bonds is 5. The van der Waals surface area contributed by atoms with Crippen molar-refractivity contribution in [2.24, 2.45) is 5.92 Å². The van der Waals surface area contributed by atoms with Crippen LogP contribution in [0, 0.1) is 5.92 Å². The molecule has 0 radical (unpaired) electrons. The van der Waals surface area contributed by atoms with Crippen molar-refractivity contribution in [3.63, 3.8) is 0 Å². The summed E-state index contributed by atoms with van der Waals surface area (Å²) in [5.41, 5.74) is 4.93. The summed E-state index contributed by atoms with van der Waals surface area (Å²) >= 11 is 0. The molecule has 0 spiro atoms. The Morgan fingerprint density at radius 3 is 2.64 bits per heavy atom. The Balaban J connectivity index is 3.17. The maximum Gasteiger partial charge on any atom is 0.260 e. The van der Waals surface area contributed by atoms with Crippen LogP contribution in [-0.2, 0) is 9.53 Å². The van der Waals surface area contributed by atoms with Gasteiger partial charge < -0.3 is 4.74 Å². The van der Waals surface area contributed by atoms with Crippen LogP contribution in [0.2, 0.25) is 0 Å². The van der Waals surface area contributed by atoms with Crippen molar-refractivity contribution in [2.45, 2.75) is 13.8 Å². The Bertz CT molecular complexity index is 115. The first-order valence-electron chi connectivity index (χ1n) is 3.70. The van der Waals surface area contributed by atoms with Crippen LogP contribution in [0.15, 0.2) is 0 Å². The van der Waals surface area contributed by atoms with Gasteiger partial charge in [0.05, 0.1) is 0 Å². The highest BCUT2D eigenvalue weighted by Gasteiger charge is 1.99. The standard InChI is InChI=1S/C7H16N2O2/c1-6(2)4-11-5-7(10)9-8-3/h6,8H,4-5H2,1-3H3,(H,9,10). The summed E-state index contributed by atoms with van der Waals surface area (Å²) in [7, 11) is 1.64. The molecule has 2 N–H and O–H groups in total. The average Bonchev–Trinajstić information content (AvgIpc) is 1.87. The van der Waals surface area contributed by atoms with Crippen LogP contribution in [0.25, 0.3) is 0 Å². The molecule has 0 aromatic heterocycles. The molecule has 4 heteroatoms. The number of amides is 1. The van der Waals surface area contributed by atoms with E-state index < -0.39 is 0 Å². The lowest BCUT2D eigenvalue weighted by atomic mass is 10.2. The minimum Gasteiger partial charge on any atom is -0.371 e. The van der Waals surface area contributed by atoms with Crippen LogP contribution in [0.5, 0.6) is 0 Å². The summed E-state index contributed by atoms with van der Waals surface area (Å²) in [6.07, 6.45) is 0. The lowest BCUT2D eigenvalue weighted by molar-refractivity contribution is -0.126. The fourth-order valence-corrected chi connectivity index (χ4v) is 0.563. The molecule has 4 nitrogen and oxygen atoms in total. The van der Waals surface area contributed by atoms with Gasteiger partial charge in [-0.15, -0.1) is 0 Å². The van der Waals surface area contributed by atoms with E-state index in [1.165, 1.54) is 0 Å². The number of nitrogens with one attached hydrogen (secondary N) is 2. The monoisotopic (exact) mass is 160 g/mol. The van der Waals surface area contributed by atoms with Crippen molar-refractivity contribution in [3.05, 3.63) is 0 Å². The second-order valence-electron chi connectivity index (χ2n) is 2.71. The molecular weight excluding hydrogens is 144 g/mol. The Morgan fingerprint density at radius 2 is 2.18 bits per heavy atom. The summed E-state index contributed by atoms with van der Waals surface area (Å²) in [4.78, 5) is 10.7. The quantitative estimate of drug-likeness (QED) is 0.553. The molecule has 0 rings (SSSR count). The number of hydrazine groups is 1. The number of carbonyl (C=O) groups is 1. The Hall–Kier alpha value is -0.610. The lowest BCUT2D eigenvalue weighted by Crippen LogP contribution is -2.37. The summed E-state index contributed by atoms with van der Waals surface area (Å²) < 4.78 is 5.06. The average molecular weight is 160 g/mol. The van der Waals surface area contributed by atoms with Gasteiger partial charge in [-0.2, -0.15) is 0 Å². The predicted molar refractivity (Wildman–Crippen MR) is 42.9 cm³/mol. The molecule has 0 aromatic carbocycles. The highest BCUT2D eigenvalue weighted by atomic mass is 16.5. The molecule has 0 saturated carbocycles. The van der Waals surface area contributed by atoms with E-state index in [1.54, 1.807) is 7.05 Å². The third-order valence-electron chi connectivity index (χ3n) is 0.949. The molecule has 0 aliphatic heterocycles. The van der Waals surface area contributed by atoms with Crippen molar-refractivity contribution >= 4 is 5.91 Å². The zero-order chi connectivity index (χ0) is 8.69. The van der Waals surface area contributed by atoms with Gasteiger partial charge in [0.25, 0.3) is 5.91 Å². The third kappa shape index (κ3) is 7.29. The van der Waals surface area contributed by atoms with Gasteiger partial charge >= 0.3 is 0 Å². The lowest BCUT2D eigenvalue weighted by Gasteiger charge is -2.06. The van der Waals surface area contributed by atoms with Crippen LogP contribution < -0.4 is 10.9 Å². The maximum absolute atomic E-state index is 10.7. The van der Waals surface area contributed by atoms with E-state index in [1.807, 2.05) is 13.8 Å². The molecule has 0 fully saturated rings. The number of hydrogen-bond acceptors (Lipinski definition) is 3. The topological polar surface area (TPSA) is 50.4 Å². The highest BCUT2D eigenvalue weighted by Crippen LogP contribution is 1.90. The molecule has 0 aliphatic carbocycles. The van der Waals surface area contributed by atoms with Gasteiger partial charge in [-0.25, -0.2) is 5.43 Å². The van der Waals surface area contributed by atoms with Gasteiger partial charge in [0.15, 0.2) is 0 Å². The van der Waals surface area contributed by atoms with E-state index in [-0.39, 0.29) is 12.5 Å². The van der Waals surface area contributed by atoms with Crippen molar-refractivity contribution in [1.82, 2.24) is 10.9 Å². The maximum atomic E-state index is 10.7. The van der Waals surface area contributed by atoms with Gasteiger partial charge in [0.2, 0.25) is 0 Å². The first-order chi connectivity index (χ1) is 5.16. The SMILES string of the molecule is CNNC(=O)COCC(C)C. The van der Waals surface area contributed by atoms with E-state index in [4.69, 9.17) is 4.74 Å². The molecule has 0 saturated heterocycles. The molecule has 0 aliphatic rings. The first-order valence-corrected chi connectivity index (χ1v) is 3.70. The zero-order valence-electron chi connectivity index (χ0n) is 7.31. The molecule has 0 unspecified atom stereocenters. The summed E-state index contributed by atoms with van der Waals surface area (Å²) in [6.45, 7) is 4.82. The van der Waals surface area contributed by atoms with E-state index in [0.717, 1.165) is 0 Å². The van der Waals surface area contributed by atoms with E-state index in [0.29, 0.717) is 12.5 Å². The van der Waals surface area contributed by atoms with Gasteiger partial charge in [-0.1, -0.05) is 13.8 Å². The Morgan fingerprint density at radius 1 is 1.55 bits per heavy atom. The summed E-state index contributed by atoms with van der Waals surface area (Å²) in [5.74, 6) is 0.325. The van der Waals surface area contributed by atoms with Crippen LogP contribution >= 0.6 is 0 Å². The summed E-state index contributed by atoms with van der Waals surface area (Å²) in [6, 6.07) is 0. The number of hydrogen-bond donors (Lipinski definition) is 2. The predicted octanol–water partition coefficient (Wildman–Crippen LogP) is -0.0904. The number of carbonyl (C=O) groups excluding carboxylic acids is 1. The minimum absolute atomic E-state index is 0.124. The first kappa shape index (κ1) is 10.4. The largest absolute Gasteiger partial charge is 0.371 e. The van der Waals surface area contributed by atoms with Gasteiger partial charge in [0.1, 0.15) is 6.61 Å². The molecule has 0 bridgehead atoms. The molecule has 1 amide bonds. The number of ether oxygens (including phenoxy) is 1. The van der Waals surface area contributed by atoms with Crippen molar-refractivity contribution < 1.29 is 9.53 Å². The van der Waals surface area contributed by atoms with Crippen LogP contribution in [-0.4, -0.2) is 26.2 Å². The van der Waals surface area contributed by atoms with Crippen molar-refractivity contribution in [1.29, 1.82) is 0 Å². The Kier molecular flexibility index (Phi) is 5.78. The van der Waals surface area contributed by atoms with Gasteiger partial charge in [-0.05, 0) is 5.92 Å². The zero-order valence-corrected chi connectivity index (χ0v) is 7.31. The molecule has 66 valence electrons. The molecule has 0 aromatic rings. The van der Waals surface area contributed by atoms with E-state index >= 15 is 0 Å². The van der Waals surface area contributed by atoms with E-state index in [2.05, 4.69) is 10.9 Å². The second kappa shape index (κ2) is 6.12. The second-order valence-corrected chi connectivity index (χ2v) is 2.71. The van der Waals surface area contributed by atoms with Crippen molar-refractivity contribution in [2.75, 3.05) is 20.3 Å². The Labute approximate surface area is 67.3 Å². The minimum atomic E-state index is -0.145. The fraction of sp³-hybridized carbons (Fsp3) is 0.857. The van der Waals surface area contributed by atoms with Crippen LogP contribution in [0.3, 0.4) is 0 Å². The molecule has 11 heavy (non-hydrogen) atoms. The molecule has 0 atom stereocenters. The van der Waals surface area contributed by atoms with Gasteiger partial charge in [0, 0.05) is 13.7 Å². The molecular formula is C7H16N2O2. The third-order valence-corrected chi connectivity index (χ3v) is 0.949. The smallest absolute Gasteiger partial charge is 0.260 e. The summed E-state index contributed by atoms with van der Waals surface area (Å²) in [5, 5.41) is 0.